The summed E-state index contributed by atoms with van der Waals surface area (Å²) >= 11 is 0. The molecule has 4 heteroatoms. The minimum atomic E-state index is 0.510. The lowest BCUT2D eigenvalue weighted by Gasteiger charge is -2.18. The summed E-state index contributed by atoms with van der Waals surface area (Å²) in [5.41, 5.74) is 6.90. The van der Waals surface area contributed by atoms with Gasteiger partial charge < -0.3 is 10.6 Å². The van der Waals surface area contributed by atoms with Crippen LogP contribution in [0.3, 0.4) is 0 Å². The zero-order valence-corrected chi connectivity index (χ0v) is 8.07. The summed E-state index contributed by atoms with van der Waals surface area (Å²) < 4.78 is 0. The number of nitrogen functional groups attached to an aromatic ring is 1. The molecule has 0 saturated heterocycles. The third-order valence-corrected chi connectivity index (χ3v) is 2.45. The fourth-order valence-electron chi connectivity index (χ4n) is 1.47. The van der Waals surface area contributed by atoms with Crippen LogP contribution in [0.1, 0.15) is 18.4 Å². The van der Waals surface area contributed by atoms with Gasteiger partial charge in [-0.2, -0.15) is 5.26 Å². The molecule has 72 valence electrons. The van der Waals surface area contributed by atoms with Gasteiger partial charge in [0.25, 0.3) is 0 Å². The van der Waals surface area contributed by atoms with Crippen molar-refractivity contribution in [2.45, 2.75) is 18.9 Å². The SMILES string of the molecule is CN(c1ncc(C#N)cc1N)C1CC1. The molecule has 4 nitrogen and oxygen atoms in total. The highest BCUT2D eigenvalue weighted by atomic mass is 15.2. The van der Waals surface area contributed by atoms with Crippen LogP contribution < -0.4 is 10.6 Å². The molecule has 1 aliphatic rings. The van der Waals surface area contributed by atoms with Crippen LogP contribution in [0, 0.1) is 11.3 Å². The third-order valence-electron chi connectivity index (χ3n) is 2.45. The Labute approximate surface area is 83.0 Å². The number of aromatic nitrogens is 1. The molecule has 0 radical (unpaired) electrons. The number of pyridine rings is 1. The molecule has 2 rings (SSSR count). The van der Waals surface area contributed by atoms with E-state index in [1.54, 1.807) is 12.3 Å². The van der Waals surface area contributed by atoms with Crippen molar-refractivity contribution in [3.63, 3.8) is 0 Å². The third kappa shape index (κ3) is 1.49. The summed E-state index contributed by atoms with van der Waals surface area (Å²) in [7, 11) is 1.99. The molecule has 14 heavy (non-hydrogen) atoms. The van der Waals surface area contributed by atoms with Crippen molar-refractivity contribution in [3.8, 4) is 6.07 Å². The molecule has 0 spiro atoms. The van der Waals surface area contributed by atoms with Gasteiger partial charge in [0, 0.05) is 19.3 Å². The Morgan fingerprint density at radius 1 is 1.64 bits per heavy atom. The number of nitrogens with zero attached hydrogens (tertiary/aromatic N) is 3. The normalized spacial score (nSPS) is 14.9. The smallest absolute Gasteiger partial charge is 0.151 e. The molecular weight excluding hydrogens is 176 g/mol. The lowest BCUT2D eigenvalue weighted by molar-refractivity contribution is 0.894. The van der Waals surface area contributed by atoms with E-state index in [1.807, 2.05) is 13.1 Å². The predicted molar refractivity (Wildman–Crippen MR) is 54.8 cm³/mol. The zero-order chi connectivity index (χ0) is 10.1. The Hall–Kier alpha value is -1.76. The molecule has 1 fully saturated rings. The molecule has 0 bridgehead atoms. The Morgan fingerprint density at radius 3 is 2.86 bits per heavy atom. The van der Waals surface area contributed by atoms with Gasteiger partial charge in [0.2, 0.25) is 0 Å². The van der Waals surface area contributed by atoms with Gasteiger partial charge in [-0.05, 0) is 18.9 Å². The van der Waals surface area contributed by atoms with Gasteiger partial charge in [0.1, 0.15) is 6.07 Å². The first-order valence-corrected chi connectivity index (χ1v) is 4.61. The highest BCUT2D eigenvalue weighted by Crippen LogP contribution is 2.31. The van der Waals surface area contributed by atoms with Crippen molar-refractivity contribution < 1.29 is 0 Å². The standard InChI is InChI=1S/C10H12N4/c1-14(8-2-3-8)10-9(12)4-7(5-11)6-13-10/h4,6,8H,2-3,12H2,1H3. The average Bonchev–Trinajstić information content (AvgIpc) is 3.00. The van der Waals surface area contributed by atoms with Gasteiger partial charge >= 0.3 is 0 Å². The van der Waals surface area contributed by atoms with E-state index in [0.29, 0.717) is 17.3 Å². The Balaban J connectivity index is 2.30. The summed E-state index contributed by atoms with van der Waals surface area (Å²) in [5.74, 6) is 0.784. The maximum absolute atomic E-state index is 8.65. The monoisotopic (exact) mass is 188 g/mol. The summed E-state index contributed by atoms with van der Waals surface area (Å²) in [5, 5.41) is 8.65. The maximum atomic E-state index is 8.65. The summed E-state index contributed by atoms with van der Waals surface area (Å²) in [6.45, 7) is 0. The van der Waals surface area contributed by atoms with E-state index in [-0.39, 0.29) is 0 Å². The molecule has 2 N–H and O–H groups in total. The Kier molecular flexibility index (Phi) is 2.01. The first-order valence-electron chi connectivity index (χ1n) is 4.61. The van der Waals surface area contributed by atoms with E-state index in [0.717, 1.165) is 5.82 Å². The largest absolute Gasteiger partial charge is 0.396 e. The van der Waals surface area contributed by atoms with E-state index in [4.69, 9.17) is 11.0 Å². The van der Waals surface area contributed by atoms with Gasteiger partial charge in [0.05, 0.1) is 11.3 Å². The minimum absolute atomic E-state index is 0.510. The van der Waals surface area contributed by atoms with Crippen LogP contribution >= 0.6 is 0 Å². The van der Waals surface area contributed by atoms with Gasteiger partial charge in [-0.1, -0.05) is 0 Å². The van der Waals surface area contributed by atoms with E-state index in [1.165, 1.54) is 12.8 Å². The van der Waals surface area contributed by atoms with E-state index in [2.05, 4.69) is 9.88 Å². The first kappa shape index (κ1) is 8.82. The quantitative estimate of drug-likeness (QED) is 0.755. The van der Waals surface area contributed by atoms with Crippen LogP contribution in [0.4, 0.5) is 11.5 Å². The molecule has 1 aromatic rings. The van der Waals surface area contributed by atoms with E-state index >= 15 is 0 Å². The second kappa shape index (κ2) is 3.18. The molecule has 1 saturated carbocycles. The lowest BCUT2D eigenvalue weighted by atomic mass is 10.2. The van der Waals surface area contributed by atoms with E-state index < -0.39 is 0 Å². The highest BCUT2D eigenvalue weighted by Gasteiger charge is 2.28. The average molecular weight is 188 g/mol. The zero-order valence-electron chi connectivity index (χ0n) is 8.07. The highest BCUT2D eigenvalue weighted by molar-refractivity contribution is 5.65. The van der Waals surface area contributed by atoms with Crippen LogP contribution in [-0.4, -0.2) is 18.1 Å². The minimum Gasteiger partial charge on any atom is -0.396 e. The second-order valence-corrected chi connectivity index (χ2v) is 3.59. The van der Waals surface area contributed by atoms with Crippen LogP contribution in [0.25, 0.3) is 0 Å². The number of rotatable bonds is 2. The van der Waals surface area contributed by atoms with Crippen LogP contribution in [0.5, 0.6) is 0 Å². The number of anilines is 2. The molecular formula is C10H12N4. The molecule has 0 aromatic carbocycles. The van der Waals surface area contributed by atoms with Gasteiger partial charge in [-0.3, -0.25) is 0 Å². The molecule has 1 heterocycles. The van der Waals surface area contributed by atoms with Crippen molar-refractivity contribution in [2.75, 3.05) is 17.7 Å². The molecule has 1 aromatic heterocycles. The van der Waals surface area contributed by atoms with Gasteiger partial charge in [-0.15, -0.1) is 0 Å². The number of nitriles is 1. The predicted octanol–water partition coefficient (Wildman–Crippen LogP) is 1.13. The van der Waals surface area contributed by atoms with Crippen LogP contribution in [-0.2, 0) is 0 Å². The molecule has 0 unspecified atom stereocenters. The van der Waals surface area contributed by atoms with Crippen molar-refractivity contribution >= 4 is 11.5 Å². The molecule has 0 atom stereocenters. The summed E-state index contributed by atoms with van der Waals surface area (Å²) in [4.78, 5) is 6.27. The van der Waals surface area contributed by atoms with Crippen molar-refractivity contribution in [3.05, 3.63) is 17.8 Å². The van der Waals surface area contributed by atoms with Crippen molar-refractivity contribution in [2.24, 2.45) is 0 Å². The fourth-order valence-corrected chi connectivity index (χ4v) is 1.47. The lowest BCUT2D eigenvalue weighted by Crippen LogP contribution is -2.21. The van der Waals surface area contributed by atoms with Gasteiger partial charge in [-0.25, -0.2) is 4.98 Å². The number of hydrogen-bond donors (Lipinski definition) is 1. The Morgan fingerprint density at radius 2 is 2.36 bits per heavy atom. The van der Waals surface area contributed by atoms with Crippen molar-refractivity contribution in [1.82, 2.24) is 4.98 Å². The van der Waals surface area contributed by atoms with Crippen molar-refractivity contribution in [1.29, 1.82) is 5.26 Å². The van der Waals surface area contributed by atoms with Crippen LogP contribution in [0.2, 0.25) is 0 Å². The second-order valence-electron chi connectivity index (χ2n) is 3.59. The summed E-state index contributed by atoms with van der Waals surface area (Å²) in [6.07, 6.45) is 3.97. The Bertz CT molecular complexity index is 390. The fraction of sp³-hybridized carbons (Fsp3) is 0.400. The number of hydrogen-bond acceptors (Lipinski definition) is 4. The maximum Gasteiger partial charge on any atom is 0.151 e. The number of nitrogens with two attached hydrogens (primary N) is 1. The van der Waals surface area contributed by atoms with E-state index in [9.17, 15) is 0 Å². The molecule has 0 amide bonds. The molecule has 1 aliphatic carbocycles. The first-order chi connectivity index (χ1) is 6.72. The molecule has 0 aliphatic heterocycles. The van der Waals surface area contributed by atoms with Gasteiger partial charge in [0.15, 0.2) is 5.82 Å². The van der Waals surface area contributed by atoms with Crippen LogP contribution in [0.15, 0.2) is 12.3 Å². The summed E-state index contributed by atoms with van der Waals surface area (Å²) in [6, 6.07) is 4.27. The topological polar surface area (TPSA) is 65.9 Å².